The summed E-state index contributed by atoms with van der Waals surface area (Å²) in [5.74, 6) is 0.757. The van der Waals surface area contributed by atoms with Gasteiger partial charge in [-0.05, 0) is 12.5 Å². The van der Waals surface area contributed by atoms with Crippen LogP contribution in [-0.4, -0.2) is 6.61 Å². The van der Waals surface area contributed by atoms with E-state index in [1.165, 1.54) is 25.7 Å². The van der Waals surface area contributed by atoms with Gasteiger partial charge in [-0.1, -0.05) is 56.3 Å². The van der Waals surface area contributed by atoms with E-state index in [-0.39, 0.29) is 0 Å². The number of hydrogen-bond acceptors (Lipinski definition) is 2. The predicted octanol–water partition coefficient (Wildman–Crippen LogP) is 4.15. The van der Waals surface area contributed by atoms with E-state index < -0.39 is 0 Å². The minimum absolute atomic E-state index is 0.464. The van der Waals surface area contributed by atoms with Crippen LogP contribution in [0.5, 0.6) is 5.75 Å². The summed E-state index contributed by atoms with van der Waals surface area (Å²) in [6.45, 7) is 3.40. The molecule has 0 heterocycles. The number of para-hydroxylation sites is 1. The van der Waals surface area contributed by atoms with Crippen molar-refractivity contribution in [3.8, 4) is 5.75 Å². The van der Waals surface area contributed by atoms with Gasteiger partial charge in [0, 0.05) is 12.1 Å². The first kappa shape index (κ1) is 14.3. The molecule has 0 aromatic heterocycles. The third-order valence-corrected chi connectivity index (χ3v) is 3.06. The fraction of sp³-hybridized carbons (Fsp3) is 0.571. The third-order valence-electron chi connectivity index (χ3n) is 2.76. The summed E-state index contributed by atoms with van der Waals surface area (Å²) in [7, 11) is 0. The highest BCUT2D eigenvalue weighted by molar-refractivity contribution is 6.32. The van der Waals surface area contributed by atoms with Crippen molar-refractivity contribution in [3.63, 3.8) is 0 Å². The van der Waals surface area contributed by atoms with Gasteiger partial charge in [0.25, 0.3) is 0 Å². The standard InChI is InChI=1S/C14H22ClNO/c1-2-3-4-5-6-10-17-14-12(11-16)8-7-9-13(14)15/h7-9H,2-6,10-11,16H2,1H3. The van der Waals surface area contributed by atoms with Gasteiger partial charge >= 0.3 is 0 Å². The summed E-state index contributed by atoms with van der Waals surface area (Å²) in [6, 6.07) is 5.70. The van der Waals surface area contributed by atoms with Gasteiger partial charge in [0.15, 0.2) is 0 Å². The van der Waals surface area contributed by atoms with Gasteiger partial charge in [0.1, 0.15) is 5.75 Å². The molecule has 0 radical (unpaired) electrons. The lowest BCUT2D eigenvalue weighted by atomic mass is 10.1. The van der Waals surface area contributed by atoms with Crippen molar-refractivity contribution in [1.82, 2.24) is 0 Å². The molecule has 0 atom stereocenters. The maximum absolute atomic E-state index is 6.09. The topological polar surface area (TPSA) is 35.2 Å². The normalized spacial score (nSPS) is 10.5. The first-order chi connectivity index (χ1) is 8.29. The smallest absolute Gasteiger partial charge is 0.142 e. The Morgan fingerprint density at radius 3 is 2.65 bits per heavy atom. The summed E-state index contributed by atoms with van der Waals surface area (Å²) in [4.78, 5) is 0. The van der Waals surface area contributed by atoms with Crippen LogP contribution >= 0.6 is 11.6 Å². The molecule has 1 aromatic rings. The first-order valence-electron chi connectivity index (χ1n) is 6.39. The van der Waals surface area contributed by atoms with Crippen LogP contribution in [0.4, 0.5) is 0 Å². The molecule has 1 aromatic carbocycles. The van der Waals surface area contributed by atoms with Crippen LogP contribution in [0.3, 0.4) is 0 Å². The molecule has 0 saturated carbocycles. The van der Waals surface area contributed by atoms with Crippen LogP contribution in [0.1, 0.15) is 44.6 Å². The van der Waals surface area contributed by atoms with Gasteiger partial charge in [-0.2, -0.15) is 0 Å². The Balaban J connectivity index is 2.35. The Morgan fingerprint density at radius 1 is 1.18 bits per heavy atom. The Labute approximate surface area is 109 Å². The van der Waals surface area contributed by atoms with Crippen molar-refractivity contribution in [1.29, 1.82) is 0 Å². The molecule has 0 saturated heterocycles. The molecule has 3 heteroatoms. The monoisotopic (exact) mass is 255 g/mol. The maximum atomic E-state index is 6.09. The lowest BCUT2D eigenvalue weighted by Gasteiger charge is -2.11. The van der Waals surface area contributed by atoms with E-state index in [4.69, 9.17) is 22.1 Å². The van der Waals surface area contributed by atoms with Crippen molar-refractivity contribution in [3.05, 3.63) is 28.8 Å². The minimum Gasteiger partial charge on any atom is -0.492 e. The number of benzene rings is 1. The summed E-state index contributed by atoms with van der Waals surface area (Å²) >= 11 is 6.09. The molecule has 2 N–H and O–H groups in total. The lowest BCUT2D eigenvalue weighted by Crippen LogP contribution is -2.04. The highest BCUT2D eigenvalue weighted by atomic mass is 35.5. The molecule has 0 aliphatic heterocycles. The van der Waals surface area contributed by atoms with Gasteiger partial charge in [0.2, 0.25) is 0 Å². The highest BCUT2D eigenvalue weighted by Gasteiger charge is 2.06. The molecule has 0 aliphatic rings. The zero-order chi connectivity index (χ0) is 12.5. The van der Waals surface area contributed by atoms with Crippen molar-refractivity contribution in [2.24, 2.45) is 5.73 Å². The zero-order valence-corrected chi connectivity index (χ0v) is 11.3. The second kappa shape index (κ2) is 8.37. The molecule has 2 nitrogen and oxygen atoms in total. The summed E-state index contributed by atoms with van der Waals surface area (Å²) in [5.41, 5.74) is 6.63. The largest absolute Gasteiger partial charge is 0.492 e. The fourth-order valence-corrected chi connectivity index (χ4v) is 2.00. The summed E-state index contributed by atoms with van der Waals surface area (Å²) in [6.07, 6.45) is 6.15. The van der Waals surface area contributed by atoms with Crippen LogP contribution in [0.25, 0.3) is 0 Å². The number of nitrogens with two attached hydrogens (primary N) is 1. The average Bonchev–Trinajstić information content (AvgIpc) is 2.35. The maximum Gasteiger partial charge on any atom is 0.142 e. The van der Waals surface area contributed by atoms with Crippen molar-refractivity contribution >= 4 is 11.6 Å². The van der Waals surface area contributed by atoms with Crippen LogP contribution in [0.2, 0.25) is 5.02 Å². The number of unbranched alkanes of at least 4 members (excludes halogenated alkanes) is 4. The van der Waals surface area contributed by atoms with Crippen molar-refractivity contribution in [2.45, 2.75) is 45.6 Å². The number of rotatable bonds is 8. The molecule has 1 rings (SSSR count). The van der Waals surface area contributed by atoms with Crippen LogP contribution < -0.4 is 10.5 Å². The molecule has 0 amide bonds. The molecule has 0 unspecified atom stereocenters. The van der Waals surface area contributed by atoms with Crippen molar-refractivity contribution < 1.29 is 4.74 Å². The molecule has 0 fully saturated rings. The second-order valence-electron chi connectivity index (χ2n) is 4.19. The van der Waals surface area contributed by atoms with E-state index in [0.717, 1.165) is 24.3 Å². The van der Waals surface area contributed by atoms with Crippen LogP contribution in [0, 0.1) is 0 Å². The molecule has 0 aliphatic carbocycles. The van der Waals surface area contributed by atoms with Crippen molar-refractivity contribution in [2.75, 3.05) is 6.61 Å². The Kier molecular flexibility index (Phi) is 7.06. The second-order valence-corrected chi connectivity index (χ2v) is 4.60. The molecule has 17 heavy (non-hydrogen) atoms. The van der Waals surface area contributed by atoms with E-state index in [0.29, 0.717) is 11.6 Å². The van der Waals surface area contributed by atoms with Gasteiger partial charge in [-0.25, -0.2) is 0 Å². The molecular formula is C14H22ClNO. The number of ether oxygens (including phenoxy) is 1. The van der Waals surface area contributed by atoms with E-state index >= 15 is 0 Å². The molecular weight excluding hydrogens is 234 g/mol. The van der Waals surface area contributed by atoms with E-state index in [9.17, 15) is 0 Å². The SMILES string of the molecule is CCCCCCCOc1c(Cl)cccc1CN. The molecule has 0 bridgehead atoms. The highest BCUT2D eigenvalue weighted by Crippen LogP contribution is 2.28. The summed E-state index contributed by atoms with van der Waals surface area (Å²) in [5, 5.41) is 0.654. The quantitative estimate of drug-likeness (QED) is 0.709. The Morgan fingerprint density at radius 2 is 1.94 bits per heavy atom. The number of hydrogen-bond donors (Lipinski definition) is 1. The van der Waals surface area contributed by atoms with Crippen LogP contribution in [0.15, 0.2) is 18.2 Å². The molecule has 96 valence electrons. The number of halogens is 1. The Bertz CT molecular complexity index is 328. The van der Waals surface area contributed by atoms with Gasteiger partial charge in [-0.15, -0.1) is 0 Å². The third kappa shape index (κ3) is 4.97. The van der Waals surface area contributed by atoms with E-state index in [2.05, 4.69) is 6.92 Å². The van der Waals surface area contributed by atoms with Gasteiger partial charge in [0.05, 0.1) is 11.6 Å². The molecule has 0 spiro atoms. The summed E-state index contributed by atoms with van der Waals surface area (Å²) < 4.78 is 5.73. The predicted molar refractivity (Wildman–Crippen MR) is 73.6 cm³/mol. The lowest BCUT2D eigenvalue weighted by molar-refractivity contribution is 0.302. The fourth-order valence-electron chi connectivity index (χ4n) is 1.76. The van der Waals surface area contributed by atoms with Gasteiger partial charge in [-0.3, -0.25) is 0 Å². The first-order valence-corrected chi connectivity index (χ1v) is 6.77. The van der Waals surface area contributed by atoms with Gasteiger partial charge < -0.3 is 10.5 Å². The zero-order valence-electron chi connectivity index (χ0n) is 10.5. The van der Waals surface area contributed by atoms with Crippen LogP contribution in [-0.2, 0) is 6.54 Å². The minimum atomic E-state index is 0.464. The Hall–Kier alpha value is -0.730. The van der Waals surface area contributed by atoms with E-state index in [1.54, 1.807) is 0 Å². The van der Waals surface area contributed by atoms with E-state index in [1.807, 2.05) is 18.2 Å². The average molecular weight is 256 g/mol.